The van der Waals surface area contributed by atoms with Gasteiger partial charge in [-0.3, -0.25) is 0 Å². The van der Waals surface area contributed by atoms with Gasteiger partial charge < -0.3 is 15.2 Å². The van der Waals surface area contributed by atoms with Gasteiger partial charge >= 0.3 is 0 Å². The maximum Gasteiger partial charge on any atom is 0.183 e. The van der Waals surface area contributed by atoms with Crippen LogP contribution >= 0.6 is 11.3 Å². The van der Waals surface area contributed by atoms with E-state index in [2.05, 4.69) is 10.3 Å². The summed E-state index contributed by atoms with van der Waals surface area (Å²) in [6, 6.07) is 0. The van der Waals surface area contributed by atoms with E-state index in [4.69, 9.17) is 4.74 Å². The Labute approximate surface area is 87.9 Å². The zero-order valence-corrected chi connectivity index (χ0v) is 9.52. The van der Waals surface area contributed by atoms with Crippen molar-refractivity contribution in [3.05, 3.63) is 10.6 Å². The maximum atomic E-state index is 9.38. The summed E-state index contributed by atoms with van der Waals surface area (Å²) in [5.41, 5.74) is 1.04. The lowest BCUT2D eigenvalue weighted by Crippen LogP contribution is -2.24. The zero-order valence-electron chi connectivity index (χ0n) is 8.70. The monoisotopic (exact) mass is 216 g/mol. The molecule has 1 unspecified atom stereocenters. The number of aromatic nitrogens is 1. The fourth-order valence-electron chi connectivity index (χ4n) is 1.00. The molecule has 14 heavy (non-hydrogen) atoms. The van der Waals surface area contributed by atoms with Crippen LogP contribution in [0.5, 0.6) is 0 Å². The first-order chi connectivity index (χ1) is 6.63. The fourth-order valence-corrected chi connectivity index (χ4v) is 1.83. The molecule has 0 aliphatic rings. The van der Waals surface area contributed by atoms with Crippen LogP contribution in [0, 0.1) is 13.8 Å². The Morgan fingerprint density at radius 3 is 2.79 bits per heavy atom. The van der Waals surface area contributed by atoms with Gasteiger partial charge in [0.05, 0.1) is 18.4 Å². The van der Waals surface area contributed by atoms with Gasteiger partial charge in [-0.05, 0) is 13.8 Å². The highest BCUT2D eigenvalue weighted by molar-refractivity contribution is 7.15. The Bertz CT molecular complexity index is 269. The lowest BCUT2D eigenvalue weighted by molar-refractivity contribution is 0.0727. The van der Waals surface area contributed by atoms with E-state index in [0.717, 1.165) is 10.8 Å². The Morgan fingerprint density at radius 2 is 2.29 bits per heavy atom. The van der Waals surface area contributed by atoms with Crippen molar-refractivity contribution < 1.29 is 9.84 Å². The molecule has 0 radical (unpaired) electrons. The summed E-state index contributed by atoms with van der Waals surface area (Å²) >= 11 is 1.60. The number of rotatable bonds is 5. The first-order valence-corrected chi connectivity index (χ1v) is 5.30. The van der Waals surface area contributed by atoms with Gasteiger partial charge in [0.25, 0.3) is 0 Å². The van der Waals surface area contributed by atoms with Gasteiger partial charge in [-0.2, -0.15) is 0 Å². The van der Waals surface area contributed by atoms with Crippen LogP contribution in [0.15, 0.2) is 0 Å². The quantitative estimate of drug-likeness (QED) is 0.776. The summed E-state index contributed by atoms with van der Waals surface area (Å²) in [5.74, 6) is 0. The van der Waals surface area contributed by atoms with Gasteiger partial charge in [-0.15, -0.1) is 11.3 Å². The van der Waals surface area contributed by atoms with Crippen molar-refractivity contribution >= 4 is 16.5 Å². The highest BCUT2D eigenvalue weighted by Crippen LogP contribution is 2.20. The molecule has 0 aliphatic carbocycles. The molecule has 0 bridgehead atoms. The maximum absolute atomic E-state index is 9.38. The van der Waals surface area contributed by atoms with Crippen LogP contribution in [0.25, 0.3) is 0 Å². The standard InChI is InChI=1S/C9H16N2O2S/c1-6-7(2)14-9(11-6)10-4-8(12)5-13-3/h8,12H,4-5H2,1-3H3,(H,10,11). The van der Waals surface area contributed by atoms with Gasteiger partial charge in [0.15, 0.2) is 5.13 Å². The molecule has 5 heteroatoms. The van der Waals surface area contributed by atoms with Crippen molar-refractivity contribution in [2.24, 2.45) is 0 Å². The number of aliphatic hydroxyl groups is 1. The van der Waals surface area contributed by atoms with Crippen LogP contribution in [0.3, 0.4) is 0 Å². The average molecular weight is 216 g/mol. The highest BCUT2D eigenvalue weighted by Gasteiger charge is 2.06. The van der Waals surface area contributed by atoms with Crippen LogP contribution < -0.4 is 5.32 Å². The molecule has 1 aromatic heterocycles. The Kier molecular flexibility index (Phi) is 4.31. The molecule has 0 saturated heterocycles. The lowest BCUT2D eigenvalue weighted by atomic mass is 10.4. The number of hydrogen-bond donors (Lipinski definition) is 2. The third-order valence-corrected chi connectivity index (χ3v) is 2.91. The number of hydrogen-bond acceptors (Lipinski definition) is 5. The van der Waals surface area contributed by atoms with Gasteiger partial charge in [-0.1, -0.05) is 0 Å². The second-order valence-corrected chi connectivity index (χ2v) is 4.35. The second kappa shape index (κ2) is 5.29. The largest absolute Gasteiger partial charge is 0.389 e. The smallest absolute Gasteiger partial charge is 0.183 e. The number of nitrogens with zero attached hydrogens (tertiary/aromatic N) is 1. The summed E-state index contributed by atoms with van der Waals surface area (Å²) in [6.07, 6.45) is -0.482. The van der Waals surface area contributed by atoms with Crippen molar-refractivity contribution in [3.63, 3.8) is 0 Å². The fraction of sp³-hybridized carbons (Fsp3) is 0.667. The molecule has 1 atom stereocenters. The second-order valence-electron chi connectivity index (χ2n) is 3.15. The van der Waals surface area contributed by atoms with E-state index in [1.165, 1.54) is 4.88 Å². The summed E-state index contributed by atoms with van der Waals surface area (Å²) in [6.45, 7) is 4.82. The van der Waals surface area contributed by atoms with Crippen molar-refractivity contribution in [3.8, 4) is 0 Å². The van der Waals surface area contributed by atoms with Gasteiger partial charge in [0.2, 0.25) is 0 Å². The molecular weight excluding hydrogens is 200 g/mol. The normalized spacial score (nSPS) is 12.9. The summed E-state index contributed by atoms with van der Waals surface area (Å²) in [4.78, 5) is 5.50. The minimum atomic E-state index is -0.482. The van der Waals surface area contributed by atoms with E-state index in [1.54, 1.807) is 18.4 Å². The first-order valence-electron chi connectivity index (χ1n) is 4.48. The molecular formula is C9H16N2O2S. The third kappa shape index (κ3) is 3.25. The molecule has 0 fully saturated rings. The predicted octanol–water partition coefficient (Wildman–Crippen LogP) is 1.18. The van der Waals surface area contributed by atoms with Gasteiger partial charge in [0.1, 0.15) is 0 Å². The number of aliphatic hydroxyl groups excluding tert-OH is 1. The summed E-state index contributed by atoms with van der Waals surface area (Å²) in [5, 5.41) is 13.3. The number of thiazole rings is 1. The first kappa shape index (κ1) is 11.4. The molecule has 80 valence electrons. The zero-order chi connectivity index (χ0) is 10.6. The van der Waals surface area contributed by atoms with Crippen molar-refractivity contribution in [1.82, 2.24) is 4.98 Å². The highest BCUT2D eigenvalue weighted by atomic mass is 32.1. The topological polar surface area (TPSA) is 54.4 Å². The van der Waals surface area contributed by atoms with Crippen LogP contribution in [0.4, 0.5) is 5.13 Å². The average Bonchev–Trinajstić information content (AvgIpc) is 2.44. The molecule has 0 saturated carbocycles. The summed E-state index contributed by atoms with van der Waals surface area (Å²) in [7, 11) is 1.57. The molecule has 2 N–H and O–H groups in total. The van der Waals surface area contributed by atoms with Crippen LogP contribution in [-0.2, 0) is 4.74 Å². The van der Waals surface area contributed by atoms with E-state index in [9.17, 15) is 5.11 Å². The molecule has 1 heterocycles. The minimum Gasteiger partial charge on any atom is -0.389 e. The number of ether oxygens (including phenoxy) is 1. The lowest BCUT2D eigenvalue weighted by Gasteiger charge is -2.09. The van der Waals surface area contributed by atoms with Crippen LogP contribution in [0.1, 0.15) is 10.6 Å². The van der Waals surface area contributed by atoms with Gasteiger partial charge in [0, 0.05) is 18.5 Å². The molecule has 1 aromatic rings. The van der Waals surface area contributed by atoms with E-state index in [0.29, 0.717) is 13.2 Å². The number of nitrogens with one attached hydrogen (secondary N) is 1. The number of aryl methyl sites for hydroxylation is 2. The molecule has 0 aromatic carbocycles. The van der Waals surface area contributed by atoms with E-state index in [-0.39, 0.29) is 0 Å². The third-order valence-electron chi connectivity index (χ3n) is 1.88. The van der Waals surface area contributed by atoms with Crippen molar-refractivity contribution in [2.75, 3.05) is 25.6 Å². The minimum absolute atomic E-state index is 0.344. The van der Waals surface area contributed by atoms with Crippen molar-refractivity contribution in [1.29, 1.82) is 0 Å². The summed E-state index contributed by atoms with van der Waals surface area (Å²) < 4.78 is 4.81. The Hall–Kier alpha value is -0.650. The molecule has 4 nitrogen and oxygen atoms in total. The van der Waals surface area contributed by atoms with E-state index >= 15 is 0 Å². The van der Waals surface area contributed by atoms with E-state index in [1.807, 2.05) is 13.8 Å². The molecule has 0 amide bonds. The van der Waals surface area contributed by atoms with Crippen molar-refractivity contribution in [2.45, 2.75) is 20.0 Å². The predicted molar refractivity (Wildman–Crippen MR) is 58.0 cm³/mol. The molecule has 0 aliphatic heterocycles. The van der Waals surface area contributed by atoms with Gasteiger partial charge in [-0.25, -0.2) is 4.98 Å². The Morgan fingerprint density at radius 1 is 1.57 bits per heavy atom. The Balaban J connectivity index is 2.38. The molecule has 1 rings (SSSR count). The number of anilines is 1. The SMILES string of the molecule is COCC(O)CNc1nc(C)c(C)s1. The number of methoxy groups -OCH3 is 1. The van der Waals surface area contributed by atoms with E-state index < -0.39 is 6.10 Å². The van der Waals surface area contributed by atoms with Crippen LogP contribution in [-0.4, -0.2) is 36.5 Å². The molecule has 0 spiro atoms. The van der Waals surface area contributed by atoms with Crippen LogP contribution in [0.2, 0.25) is 0 Å².